The first kappa shape index (κ1) is 12.1. The van der Waals surface area contributed by atoms with Gasteiger partial charge in [0.25, 0.3) is 0 Å². The average Bonchev–Trinajstić information content (AvgIpc) is 2.07. The molecular weight excluding hydrogens is 190 g/mol. The molecule has 3 heteroatoms. The third-order valence-corrected chi connectivity index (χ3v) is 2.69. The molecule has 0 aromatic heterocycles. The van der Waals surface area contributed by atoms with Gasteiger partial charge in [0.1, 0.15) is 0 Å². The van der Waals surface area contributed by atoms with Gasteiger partial charge in [0.2, 0.25) is 0 Å². The van der Waals surface area contributed by atoms with E-state index in [0.29, 0.717) is 12.5 Å². The van der Waals surface area contributed by atoms with E-state index in [0.717, 1.165) is 12.3 Å². The number of alkyl carbamates (subject to hydrolysis) is 1. The lowest BCUT2D eigenvalue weighted by atomic mass is 9.74. The SMILES string of the molecule is C=CCC1CC(COC(=O)NC(C)C)C1. The molecule has 0 aromatic rings. The quantitative estimate of drug-likeness (QED) is 0.710. The summed E-state index contributed by atoms with van der Waals surface area (Å²) in [5.74, 6) is 1.33. The molecule has 15 heavy (non-hydrogen) atoms. The molecule has 3 nitrogen and oxygen atoms in total. The molecule has 0 spiro atoms. The van der Waals surface area contributed by atoms with E-state index >= 15 is 0 Å². The number of nitrogens with one attached hydrogen (secondary N) is 1. The highest BCUT2D eigenvalue weighted by Gasteiger charge is 2.28. The van der Waals surface area contributed by atoms with Crippen LogP contribution in [0, 0.1) is 11.8 Å². The predicted octanol–water partition coefficient (Wildman–Crippen LogP) is 2.72. The van der Waals surface area contributed by atoms with E-state index in [9.17, 15) is 4.79 Å². The number of ether oxygens (including phenoxy) is 1. The number of hydrogen-bond donors (Lipinski definition) is 1. The summed E-state index contributed by atoms with van der Waals surface area (Å²) in [5.41, 5.74) is 0. The summed E-state index contributed by atoms with van der Waals surface area (Å²) in [6.07, 6.45) is 5.10. The summed E-state index contributed by atoms with van der Waals surface area (Å²) in [6, 6.07) is 0.146. The minimum Gasteiger partial charge on any atom is -0.449 e. The summed E-state index contributed by atoms with van der Waals surface area (Å²) >= 11 is 0. The fourth-order valence-corrected chi connectivity index (χ4v) is 1.91. The predicted molar refractivity (Wildman–Crippen MR) is 60.6 cm³/mol. The van der Waals surface area contributed by atoms with Crippen molar-refractivity contribution in [3.8, 4) is 0 Å². The zero-order valence-electron chi connectivity index (χ0n) is 9.66. The van der Waals surface area contributed by atoms with Crippen molar-refractivity contribution in [2.75, 3.05) is 6.61 Å². The Balaban J connectivity index is 2.03. The Morgan fingerprint density at radius 2 is 2.20 bits per heavy atom. The van der Waals surface area contributed by atoms with Gasteiger partial charge in [0.15, 0.2) is 0 Å². The maximum Gasteiger partial charge on any atom is 0.407 e. The third-order valence-electron chi connectivity index (χ3n) is 2.69. The lowest BCUT2D eigenvalue weighted by Crippen LogP contribution is -2.34. The first-order valence-corrected chi connectivity index (χ1v) is 5.66. The normalized spacial score (nSPS) is 24.5. The maximum atomic E-state index is 11.2. The number of rotatable bonds is 5. The van der Waals surface area contributed by atoms with Crippen molar-refractivity contribution in [3.63, 3.8) is 0 Å². The Labute approximate surface area is 91.9 Å². The highest BCUT2D eigenvalue weighted by molar-refractivity contribution is 5.67. The van der Waals surface area contributed by atoms with Gasteiger partial charge in [-0.05, 0) is 44.9 Å². The van der Waals surface area contributed by atoms with E-state index in [1.54, 1.807) is 0 Å². The molecule has 0 atom stereocenters. The van der Waals surface area contributed by atoms with Crippen molar-refractivity contribution >= 4 is 6.09 Å². The standard InChI is InChI=1S/C12H21NO2/c1-4-5-10-6-11(7-10)8-15-12(14)13-9(2)3/h4,9-11H,1,5-8H2,2-3H3,(H,13,14). The molecule has 1 aliphatic rings. The van der Waals surface area contributed by atoms with E-state index in [1.807, 2.05) is 19.9 Å². The Kier molecular flexibility index (Phi) is 4.66. The zero-order chi connectivity index (χ0) is 11.3. The lowest BCUT2D eigenvalue weighted by Gasteiger charge is -2.34. The van der Waals surface area contributed by atoms with Gasteiger partial charge in [-0.2, -0.15) is 0 Å². The third kappa shape index (κ3) is 4.36. The number of amides is 1. The van der Waals surface area contributed by atoms with Crippen molar-refractivity contribution in [1.29, 1.82) is 0 Å². The molecule has 0 aliphatic heterocycles. The van der Waals surface area contributed by atoms with E-state index in [-0.39, 0.29) is 12.1 Å². The van der Waals surface area contributed by atoms with Crippen LogP contribution < -0.4 is 5.32 Å². The minimum atomic E-state index is -0.294. The van der Waals surface area contributed by atoms with Gasteiger partial charge >= 0.3 is 6.09 Å². The molecule has 1 fully saturated rings. The Bertz CT molecular complexity index is 220. The smallest absolute Gasteiger partial charge is 0.407 e. The molecule has 1 saturated carbocycles. The summed E-state index contributed by atoms with van der Waals surface area (Å²) in [7, 11) is 0. The van der Waals surface area contributed by atoms with Crippen molar-refractivity contribution in [2.24, 2.45) is 11.8 Å². The van der Waals surface area contributed by atoms with Crippen LogP contribution in [0.15, 0.2) is 12.7 Å². The van der Waals surface area contributed by atoms with Crippen LogP contribution in [0.5, 0.6) is 0 Å². The van der Waals surface area contributed by atoms with Gasteiger partial charge in [0.05, 0.1) is 6.61 Å². The van der Waals surface area contributed by atoms with Crippen LogP contribution in [-0.2, 0) is 4.74 Å². The van der Waals surface area contributed by atoms with Gasteiger partial charge in [-0.15, -0.1) is 6.58 Å². The Morgan fingerprint density at radius 3 is 2.73 bits per heavy atom. The van der Waals surface area contributed by atoms with Crippen LogP contribution in [0.2, 0.25) is 0 Å². The first-order chi connectivity index (χ1) is 7.11. The minimum absolute atomic E-state index is 0.146. The monoisotopic (exact) mass is 211 g/mol. The topological polar surface area (TPSA) is 38.3 Å². The molecule has 0 aromatic carbocycles. The maximum absolute atomic E-state index is 11.2. The highest BCUT2D eigenvalue weighted by atomic mass is 16.5. The summed E-state index contributed by atoms with van der Waals surface area (Å²) in [4.78, 5) is 11.2. The lowest BCUT2D eigenvalue weighted by molar-refractivity contribution is 0.0758. The number of carbonyl (C=O) groups is 1. The van der Waals surface area contributed by atoms with Crippen LogP contribution in [-0.4, -0.2) is 18.7 Å². The van der Waals surface area contributed by atoms with Gasteiger partial charge < -0.3 is 10.1 Å². The fraction of sp³-hybridized carbons (Fsp3) is 0.750. The van der Waals surface area contributed by atoms with Crippen molar-refractivity contribution in [2.45, 2.75) is 39.2 Å². The largest absolute Gasteiger partial charge is 0.449 e. The fourth-order valence-electron chi connectivity index (χ4n) is 1.91. The molecule has 0 heterocycles. The average molecular weight is 211 g/mol. The van der Waals surface area contributed by atoms with Gasteiger partial charge in [0, 0.05) is 6.04 Å². The van der Waals surface area contributed by atoms with Crippen LogP contribution in [0.25, 0.3) is 0 Å². The van der Waals surface area contributed by atoms with Crippen molar-refractivity contribution in [1.82, 2.24) is 5.32 Å². The van der Waals surface area contributed by atoms with Gasteiger partial charge in [-0.25, -0.2) is 4.79 Å². The van der Waals surface area contributed by atoms with Crippen molar-refractivity contribution < 1.29 is 9.53 Å². The van der Waals surface area contributed by atoms with E-state index in [1.165, 1.54) is 12.8 Å². The molecule has 1 rings (SSSR count). The molecule has 0 unspecified atom stereocenters. The second kappa shape index (κ2) is 5.79. The molecule has 1 aliphatic carbocycles. The van der Waals surface area contributed by atoms with Gasteiger partial charge in [-0.1, -0.05) is 6.08 Å². The molecule has 86 valence electrons. The molecule has 0 bridgehead atoms. The van der Waals surface area contributed by atoms with Crippen molar-refractivity contribution in [3.05, 3.63) is 12.7 Å². The van der Waals surface area contributed by atoms with E-state index < -0.39 is 0 Å². The Hall–Kier alpha value is -0.990. The second-order valence-electron chi connectivity index (χ2n) is 4.63. The number of allylic oxidation sites excluding steroid dienone is 1. The summed E-state index contributed by atoms with van der Waals surface area (Å²) in [6.45, 7) is 8.12. The first-order valence-electron chi connectivity index (χ1n) is 5.66. The molecule has 0 radical (unpaired) electrons. The molecule has 1 amide bonds. The van der Waals surface area contributed by atoms with Crippen LogP contribution in [0.1, 0.15) is 33.1 Å². The number of carbonyl (C=O) groups excluding carboxylic acids is 1. The van der Waals surface area contributed by atoms with Gasteiger partial charge in [-0.3, -0.25) is 0 Å². The molecule has 1 N–H and O–H groups in total. The summed E-state index contributed by atoms with van der Waals surface area (Å²) in [5, 5.41) is 2.71. The zero-order valence-corrected chi connectivity index (χ0v) is 9.66. The van der Waals surface area contributed by atoms with Crippen LogP contribution >= 0.6 is 0 Å². The van der Waals surface area contributed by atoms with Crippen LogP contribution in [0.4, 0.5) is 4.79 Å². The highest BCUT2D eigenvalue weighted by Crippen LogP contribution is 2.36. The van der Waals surface area contributed by atoms with Crippen LogP contribution in [0.3, 0.4) is 0 Å². The molecule has 0 saturated heterocycles. The second-order valence-corrected chi connectivity index (χ2v) is 4.63. The van der Waals surface area contributed by atoms with E-state index in [4.69, 9.17) is 4.74 Å². The Morgan fingerprint density at radius 1 is 1.53 bits per heavy atom. The molecular formula is C12H21NO2. The van der Waals surface area contributed by atoms with E-state index in [2.05, 4.69) is 11.9 Å². The summed E-state index contributed by atoms with van der Waals surface area (Å²) < 4.78 is 5.11. The number of hydrogen-bond acceptors (Lipinski definition) is 2.